The fourth-order valence-electron chi connectivity index (χ4n) is 2.94. The fraction of sp³-hybridized carbons (Fsp3) is 0.889. The zero-order chi connectivity index (χ0) is 16.8. The molecule has 23 heavy (non-hydrogen) atoms. The number of aliphatic hydroxyl groups is 1. The summed E-state index contributed by atoms with van der Waals surface area (Å²) in [6, 6.07) is -0.452. The van der Waals surface area contributed by atoms with Crippen LogP contribution in [0.4, 0.5) is 0 Å². The summed E-state index contributed by atoms with van der Waals surface area (Å²) in [5.41, 5.74) is 8.39. The van der Waals surface area contributed by atoms with Crippen LogP contribution in [-0.2, 0) is 4.74 Å². The minimum atomic E-state index is -0.713. The van der Waals surface area contributed by atoms with Crippen molar-refractivity contribution in [1.29, 1.82) is 0 Å². The highest BCUT2D eigenvalue weighted by Crippen LogP contribution is 2.19. The van der Waals surface area contributed by atoms with Crippen LogP contribution in [0.1, 0.15) is 77.6 Å². The average Bonchev–Trinajstić information content (AvgIpc) is 2.89. The Morgan fingerprint density at radius 3 is 2.30 bits per heavy atom. The monoisotopic (exact) mass is 323 g/mol. The topological polar surface area (TPSA) is 78.2 Å². The van der Waals surface area contributed by atoms with Crippen molar-refractivity contribution in [3.63, 3.8) is 0 Å². The van der Waals surface area contributed by atoms with Gasteiger partial charge in [-0.1, -0.05) is 82.0 Å². The first-order valence-electron chi connectivity index (χ1n) is 9.30. The molecular weight excluding hydrogens is 290 g/mol. The van der Waals surface area contributed by atoms with Gasteiger partial charge in [0.15, 0.2) is 0 Å². The van der Waals surface area contributed by atoms with Crippen LogP contribution in [0.25, 0.3) is 10.4 Å². The number of aliphatic hydroxyl groups excluding tert-OH is 1. The van der Waals surface area contributed by atoms with Gasteiger partial charge in [0.25, 0.3) is 0 Å². The second-order valence-corrected chi connectivity index (χ2v) is 6.46. The van der Waals surface area contributed by atoms with Crippen molar-refractivity contribution in [3.8, 4) is 0 Å². The van der Waals surface area contributed by atoms with Gasteiger partial charge in [-0.15, -0.1) is 0 Å². The predicted molar refractivity (Wildman–Crippen MR) is 94.3 cm³/mol. The minimum Gasteiger partial charge on any atom is -0.390 e. The Hall–Kier alpha value is -1.03. The van der Waals surface area contributed by atoms with Crippen LogP contribution in [0.3, 0.4) is 0 Å². The minimum absolute atomic E-state index is 0.304. The molecule has 0 aromatic rings. The number of hydrogen-bond donors (Lipinski definition) is 1. The number of rotatable bonds is 13. The van der Waals surface area contributed by atoms with Crippen LogP contribution >= 0.6 is 0 Å². The molecule has 3 atom stereocenters. The summed E-state index contributed by atoms with van der Waals surface area (Å²) in [6.07, 6.45) is 17.4. The standard InChI is InChI=1S/C18H33N3O2/c1-2-3-4-5-6-7-8-9-10-11-12-13-14-17-18(22)16(15-23-17)20-21-19/h13-14,16-18,22H,2-12,15H2,1H3/b14-13-/t16-,17-,18-/m1/s1. The van der Waals surface area contributed by atoms with Crippen LogP contribution in [-0.4, -0.2) is 30.0 Å². The smallest absolute Gasteiger partial charge is 0.102 e. The molecule has 5 heteroatoms. The Bertz CT molecular complexity index is 367. The maximum atomic E-state index is 9.92. The summed E-state index contributed by atoms with van der Waals surface area (Å²) < 4.78 is 5.43. The number of ether oxygens (including phenoxy) is 1. The first kappa shape index (κ1) is 20.0. The third-order valence-electron chi connectivity index (χ3n) is 4.44. The van der Waals surface area contributed by atoms with Gasteiger partial charge in [-0.3, -0.25) is 0 Å². The summed E-state index contributed by atoms with van der Waals surface area (Å²) in [5.74, 6) is 0. The van der Waals surface area contributed by atoms with Crippen molar-refractivity contribution >= 4 is 0 Å². The number of unbranched alkanes of at least 4 members (excludes halogenated alkanes) is 10. The highest BCUT2D eigenvalue weighted by molar-refractivity contribution is 5.01. The first-order chi connectivity index (χ1) is 11.3. The zero-order valence-electron chi connectivity index (χ0n) is 14.6. The molecule has 5 nitrogen and oxygen atoms in total. The van der Waals surface area contributed by atoms with Crippen molar-refractivity contribution in [1.82, 2.24) is 0 Å². The molecule has 1 fully saturated rings. The Morgan fingerprint density at radius 1 is 1.09 bits per heavy atom. The van der Waals surface area contributed by atoms with Crippen molar-refractivity contribution in [2.24, 2.45) is 5.11 Å². The third kappa shape index (κ3) is 8.99. The van der Waals surface area contributed by atoms with E-state index in [1.807, 2.05) is 6.08 Å². The largest absolute Gasteiger partial charge is 0.390 e. The van der Waals surface area contributed by atoms with E-state index in [1.54, 1.807) is 0 Å². The predicted octanol–water partition coefficient (Wildman–Crippen LogP) is 5.29. The van der Waals surface area contributed by atoms with Gasteiger partial charge >= 0.3 is 0 Å². The van der Waals surface area contributed by atoms with E-state index in [9.17, 15) is 5.11 Å². The number of azide groups is 1. The molecule has 1 rings (SSSR count). The van der Waals surface area contributed by atoms with Crippen LogP contribution in [0.5, 0.6) is 0 Å². The molecule has 0 unspecified atom stereocenters. The molecular formula is C18H33N3O2. The lowest BCUT2D eigenvalue weighted by Crippen LogP contribution is -2.27. The highest BCUT2D eigenvalue weighted by Gasteiger charge is 2.33. The number of hydrogen-bond acceptors (Lipinski definition) is 3. The summed E-state index contributed by atoms with van der Waals surface area (Å²) in [7, 11) is 0. The molecule has 1 N–H and O–H groups in total. The van der Waals surface area contributed by atoms with E-state index < -0.39 is 12.1 Å². The Balaban J connectivity index is 1.94. The van der Waals surface area contributed by atoms with Gasteiger partial charge in [-0.25, -0.2) is 0 Å². The highest BCUT2D eigenvalue weighted by atomic mass is 16.5. The molecule has 0 aliphatic carbocycles. The lowest BCUT2D eigenvalue weighted by Gasteiger charge is -2.10. The molecule has 0 amide bonds. The summed E-state index contributed by atoms with van der Waals surface area (Å²) >= 11 is 0. The average molecular weight is 323 g/mol. The van der Waals surface area contributed by atoms with E-state index >= 15 is 0 Å². The summed E-state index contributed by atoms with van der Waals surface area (Å²) in [5, 5.41) is 13.5. The van der Waals surface area contributed by atoms with E-state index in [0.717, 1.165) is 6.42 Å². The molecule has 1 aliphatic rings. The van der Waals surface area contributed by atoms with Crippen LogP contribution in [0.15, 0.2) is 17.3 Å². The summed E-state index contributed by atoms with van der Waals surface area (Å²) in [6.45, 7) is 2.56. The van der Waals surface area contributed by atoms with E-state index in [2.05, 4.69) is 23.0 Å². The van der Waals surface area contributed by atoms with E-state index in [-0.39, 0.29) is 6.10 Å². The van der Waals surface area contributed by atoms with Gasteiger partial charge in [-0.05, 0) is 18.4 Å². The van der Waals surface area contributed by atoms with Gasteiger partial charge in [0, 0.05) is 4.91 Å². The van der Waals surface area contributed by atoms with Crippen LogP contribution in [0, 0.1) is 0 Å². The molecule has 0 spiro atoms. The SMILES string of the molecule is CCCCCCCCCCCC/C=C\[C@H]1OC[C@@H](N=[N+]=[N-])[C@H]1O. The normalized spacial score (nSPS) is 24.2. The lowest BCUT2D eigenvalue weighted by atomic mass is 10.1. The van der Waals surface area contributed by atoms with E-state index in [4.69, 9.17) is 10.3 Å². The molecule has 0 aromatic heterocycles. The van der Waals surface area contributed by atoms with Crippen molar-refractivity contribution in [2.45, 2.75) is 95.8 Å². The van der Waals surface area contributed by atoms with E-state index in [0.29, 0.717) is 6.61 Å². The van der Waals surface area contributed by atoms with Crippen LogP contribution in [0.2, 0.25) is 0 Å². The quantitative estimate of drug-likeness (QED) is 0.164. The van der Waals surface area contributed by atoms with Crippen molar-refractivity contribution in [3.05, 3.63) is 22.6 Å². The second kappa shape index (κ2) is 13.4. The van der Waals surface area contributed by atoms with Gasteiger partial charge in [0.2, 0.25) is 0 Å². The molecule has 1 saturated heterocycles. The molecule has 1 aliphatic heterocycles. The molecule has 0 radical (unpaired) electrons. The van der Waals surface area contributed by atoms with Crippen LogP contribution < -0.4 is 0 Å². The van der Waals surface area contributed by atoms with Gasteiger partial charge in [-0.2, -0.15) is 0 Å². The third-order valence-corrected chi connectivity index (χ3v) is 4.44. The molecule has 0 aromatic carbocycles. The maximum Gasteiger partial charge on any atom is 0.102 e. The van der Waals surface area contributed by atoms with E-state index in [1.165, 1.54) is 64.2 Å². The zero-order valence-corrected chi connectivity index (χ0v) is 14.6. The second-order valence-electron chi connectivity index (χ2n) is 6.46. The Kier molecular flexibility index (Phi) is 11.7. The van der Waals surface area contributed by atoms with Gasteiger partial charge < -0.3 is 9.84 Å². The summed E-state index contributed by atoms with van der Waals surface area (Å²) in [4.78, 5) is 2.73. The Labute approximate surface area is 140 Å². The van der Waals surface area contributed by atoms with Gasteiger partial charge in [0.1, 0.15) is 6.10 Å². The lowest BCUT2D eigenvalue weighted by molar-refractivity contribution is 0.0734. The molecule has 0 bridgehead atoms. The Morgan fingerprint density at radius 2 is 1.70 bits per heavy atom. The maximum absolute atomic E-state index is 9.92. The van der Waals surface area contributed by atoms with Gasteiger partial charge in [0.05, 0.1) is 18.8 Å². The first-order valence-corrected chi connectivity index (χ1v) is 9.30. The molecule has 0 saturated carbocycles. The number of allylic oxidation sites excluding steroid dienone is 1. The fourth-order valence-corrected chi connectivity index (χ4v) is 2.94. The molecule has 1 heterocycles. The number of nitrogens with zero attached hydrogens (tertiary/aromatic N) is 3. The van der Waals surface area contributed by atoms with Crippen molar-refractivity contribution in [2.75, 3.05) is 6.61 Å². The van der Waals surface area contributed by atoms with Crippen molar-refractivity contribution < 1.29 is 9.84 Å². The molecule has 132 valence electrons.